The number of rotatable bonds is 4. The van der Waals surface area contributed by atoms with Gasteiger partial charge in [-0.1, -0.05) is 12.1 Å². The molecule has 0 spiro atoms. The van der Waals surface area contributed by atoms with Gasteiger partial charge in [0.2, 0.25) is 0 Å². The van der Waals surface area contributed by atoms with Crippen LogP contribution < -0.4 is 10.4 Å². The van der Waals surface area contributed by atoms with Crippen molar-refractivity contribution in [2.75, 3.05) is 32.8 Å². The van der Waals surface area contributed by atoms with Crippen LogP contribution in [0.4, 0.5) is 8.78 Å². The van der Waals surface area contributed by atoms with Gasteiger partial charge in [-0.25, -0.2) is 13.6 Å². The summed E-state index contributed by atoms with van der Waals surface area (Å²) in [6.45, 7) is 8.11. The maximum atomic E-state index is 14.1. The number of H-pyrrole nitrogens is 1. The standard InChI is InChI=1S/C30H29F2N3O3/c1-30(2,18-34-9-11-37-12-10-34)35-27-8-3-19(14-26(27)33-29(35)36)13-25-23-6-4-21(31)15-20(23)17-38-28-16-22(32)5-7-24(25)28/h3-8,13-16H,9-12,17-18H2,1-2H3,(H,33,36)/b25-13+. The summed E-state index contributed by atoms with van der Waals surface area (Å²) < 4.78 is 41.2. The maximum Gasteiger partial charge on any atom is 0.327 e. The van der Waals surface area contributed by atoms with Gasteiger partial charge in [-0.15, -0.1) is 0 Å². The number of aromatic amines is 1. The van der Waals surface area contributed by atoms with E-state index >= 15 is 0 Å². The molecule has 1 aromatic heterocycles. The van der Waals surface area contributed by atoms with E-state index in [9.17, 15) is 13.6 Å². The third kappa shape index (κ3) is 4.54. The second kappa shape index (κ2) is 9.53. The van der Waals surface area contributed by atoms with E-state index in [0.29, 0.717) is 24.5 Å². The molecule has 4 aromatic rings. The third-order valence-corrected chi connectivity index (χ3v) is 7.31. The molecule has 0 amide bonds. The molecular weight excluding hydrogens is 488 g/mol. The summed E-state index contributed by atoms with van der Waals surface area (Å²) in [5, 5.41) is 0. The summed E-state index contributed by atoms with van der Waals surface area (Å²) in [6.07, 6.45) is 1.97. The first kappa shape index (κ1) is 24.6. The van der Waals surface area contributed by atoms with E-state index in [2.05, 4.69) is 23.7 Å². The van der Waals surface area contributed by atoms with Crippen molar-refractivity contribution in [3.8, 4) is 5.75 Å². The molecule has 6 rings (SSSR count). The summed E-state index contributed by atoms with van der Waals surface area (Å²) in [5.41, 5.74) is 4.81. The predicted octanol–water partition coefficient (Wildman–Crippen LogP) is 5.16. The molecule has 0 unspecified atom stereocenters. The van der Waals surface area contributed by atoms with Crippen LogP contribution in [0, 0.1) is 11.6 Å². The van der Waals surface area contributed by atoms with Crippen molar-refractivity contribution >= 4 is 22.7 Å². The maximum absolute atomic E-state index is 14.1. The molecule has 196 valence electrons. The minimum Gasteiger partial charge on any atom is -0.488 e. The van der Waals surface area contributed by atoms with Gasteiger partial charge in [0.15, 0.2) is 0 Å². The molecule has 1 N–H and O–H groups in total. The highest BCUT2D eigenvalue weighted by Gasteiger charge is 2.28. The van der Waals surface area contributed by atoms with E-state index in [4.69, 9.17) is 9.47 Å². The van der Waals surface area contributed by atoms with Crippen molar-refractivity contribution in [2.45, 2.75) is 26.0 Å². The number of halogens is 2. The molecular formula is C30H29F2N3O3. The summed E-state index contributed by atoms with van der Waals surface area (Å²) in [5.74, 6) is -0.359. The summed E-state index contributed by atoms with van der Waals surface area (Å²) >= 11 is 0. The summed E-state index contributed by atoms with van der Waals surface area (Å²) in [7, 11) is 0. The van der Waals surface area contributed by atoms with Gasteiger partial charge in [0.25, 0.3) is 0 Å². The predicted molar refractivity (Wildman–Crippen MR) is 143 cm³/mol. The van der Waals surface area contributed by atoms with E-state index in [1.54, 1.807) is 12.1 Å². The first-order valence-corrected chi connectivity index (χ1v) is 12.8. The lowest BCUT2D eigenvalue weighted by atomic mass is 9.92. The van der Waals surface area contributed by atoms with Gasteiger partial charge in [0.05, 0.1) is 29.8 Å². The van der Waals surface area contributed by atoms with Crippen LogP contribution in [0.2, 0.25) is 0 Å². The molecule has 2 aliphatic heterocycles. The Kier molecular flexibility index (Phi) is 6.16. The Morgan fingerprint density at radius 1 is 0.974 bits per heavy atom. The van der Waals surface area contributed by atoms with Gasteiger partial charge in [-0.3, -0.25) is 9.47 Å². The highest BCUT2D eigenvalue weighted by molar-refractivity contribution is 5.95. The smallest absolute Gasteiger partial charge is 0.327 e. The average molecular weight is 518 g/mol. The van der Waals surface area contributed by atoms with Crippen molar-refractivity contribution in [3.05, 3.63) is 99.0 Å². The van der Waals surface area contributed by atoms with Gasteiger partial charge in [0.1, 0.15) is 24.0 Å². The minimum atomic E-state index is -0.433. The number of morpholine rings is 1. The zero-order chi connectivity index (χ0) is 26.4. The van der Waals surface area contributed by atoms with Crippen LogP contribution >= 0.6 is 0 Å². The summed E-state index contributed by atoms with van der Waals surface area (Å²) in [4.78, 5) is 18.5. The van der Waals surface area contributed by atoms with Crippen LogP contribution in [0.3, 0.4) is 0 Å². The molecule has 2 aliphatic rings. The number of nitrogens with zero attached hydrogens (tertiary/aromatic N) is 2. The van der Waals surface area contributed by atoms with E-state index in [1.807, 2.05) is 28.8 Å². The average Bonchev–Trinajstić information content (AvgIpc) is 3.15. The van der Waals surface area contributed by atoms with Crippen LogP contribution in [0.25, 0.3) is 22.7 Å². The normalized spacial score (nSPS) is 17.2. The number of imidazole rings is 1. The fourth-order valence-corrected chi connectivity index (χ4v) is 5.60. The molecule has 0 radical (unpaired) electrons. The molecule has 0 aliphatic carbocycles. The number of benzene rings is 3. The van der Waals surface area contributed by atoms with Crippen LogP contribution in [0.15, 0.2) is 59.4 Å². The van der Waals surface area contributed by atoms with Gasteiger partial charge in [0, 0.05) is 36.8 Å². The van der Waals surface area contributed by atoms with E-state index < -0.39 is 11.4 Å². The molecule has 6 nitrogen and oxygen atoms in total. The van der Waals surface area contributed by atoms with E-state index in [-0.39, 0.29) is 18.1 Å². The zero-order valence-corrected chi connectivity index (χ0v) is 21.4. The minimum absolute atomic E-state index is 0.133. The molecule has 1 fully saturated rings. The van der Waals surface area contributed by atoms with Crippen molar-refractivity contribution in [1.82, 2.24) is 14.5 Å². The number of aromatic nitrogens is 2. The summed E-state index contributed by atoms with van der Waals surface area (Å²) in [6, 6.07) is 14.9. The number of hydrogen-bond donors (Lipinski definition) is 1. The van der Waals surface area contributed by atoms with Crippen LogP contribution in [0.5, 0.6) is 5.75 Å². The Hall–Kier alpha value is -3.75. The van der Waals surface area contributed by atoms with Crippen molar-refractivity contribution < 1.29 is 18.3 Å². The van der Waals surface area contributed by atoms with Crippen LogP contribution in [-0.4, -0.2) is 47.3 Å². The Morgan fingerprint density at radius 3 is 2.50 bits per heavy atom. The van der Waals surface area contributed by atoms with E-state index in [0.717, 1.165) is 52.9 Å². The first-order chi connectivity index (χ1) is 18.3. The van der Waals surface area contributed by atoms with Gasteiger partial charge >= 0.3 is 5.69 Å². The Labute approximate surface area is 219 Å². The Bertz CT molecular complexity index is 1560. The quantitative estimate of drug-likeness (QED) is 0.407. The van der Waals surface area contributed by atoms with Crippen LogP contribution in [-0.2, 0) is 16.9 Å². The molecule has 3 aromatic carbocycles. The topological polar surface area (TPSA) is 59.5 Å². The second-order valence-electron chi connectivity index (χ2n) is 10.5. The molecule has 1 saturated heterocycles. The molecule has 8 heteroatoms. The van der Waals surface area contributed by atoms with E-state index in [1.165, 1.54) is 24.3 Å². The van der Waals surface area contributed by atoms with Crippen molar-refractivity contribution in [2.24, 2.45) is 0 Å². The highest BCUT2D eigenvalue weighted by atomic mass is 19.1. The number of nitrogens with one attached hydrogen (secondary N) is 1. The zero-order valence-electron chi connectivity index (χ0n) is 21.4. The van der Waals surface area contributed by atoms with Crippen molar-refractivity contribution in [3.63, 3.8) is 0 Å². The lowest BCUT2D eigenvalue weighted by Gasteiger charge is -2.35. The molecule has 3 heterocycles. The Morgan fingerprint density at radius 2 is 1.71 bits per heavy atom. The van der Waals surface area contributed by atoms with Crippen molar-refractivity contribution in [1.29, 1.82) is 0 Å². The third-order valence-electron chi connectivity index (χ3n) is 7.31. The highest BCUT2D eigenvalue weighted by Crippen LogP contribution is 2.39. The molecule has 0 bridgehead atoms. The lowest BCUT2D eigenvalue weighted by molar-refractivity contribution is 0.0229. The Balaban J connectivity index is 1.43. The van der Waals surface area contributed by atoms with Gasteiger partial charge in [-0.05, 0) is 73.0 Å². The largest absolute Gasteiger partial charge is 0.488 e. The number of ether oxygens (including phenoxy) is 2. The van der Waals surface area contributed by atoms with Crippen LogP contribution in [0.1, 0.15) is 36.1 Å². The number of fused-ring (bicyclic) bond motifs is 3. The monoisotopic (exact) mass is 517 g/mol. The molecule has 38 heavy (non-hydrogen) atoms. The molecule has 0 saturated carbocycles. The SMILES string of the molecule is CC(C)(CN1CCOCC1)n1c(=O)[nH]c2cc(/C=C3\c4ccc(F)cc4COc4cc(F)ccc43)ccc21. The van der Waals surface area contributed by atoms with Gasteiger partial charge in [-0.2, -0.15) is 0 Å². The molecule has 0 atom stereocenters. The lowest BCUT2D eigenvalue weighted by Crippen LogP contribution is -2.48. The fraction of sp³-hybridized carbons (Fsp3) is 0.300. The second-order valence-corrected chi connectivity index (χ2v) is 10.5. The van der Waals surface area contributed by atoms with Gasteiger partial charge < -0.3 is 14.5 Å². The first-order valence-electron chi connectivity index (χ1n) is 12.8. The number of hydrogen-bond acceptors (Lipinski definition) is 4. The fourth-order valence-electron chi connectivity index (χ4n) is 5.60.